The highest BCUT2D eigenvalue weighted by Gasteiger charge is 2.58. The van der Waals surface area contributed by atoms with Gasteiger partial charge in [0.1, 0.15) is 0 Å². The number of allylic oxidation sites excluding steroid dienone is 4. The third-order valence-corrected chi connectivity index (χ3v) is 8.31. The Morgan fingerprint density at radius 3 is 2.52 bits per heavy atom. The fraction of sp³-hybridized carbons (Fsp3) is 0.696. The van der Waals surface area contributed by atoms with Crippen LogP contribution >= 0.6 is 0 Å². The third kappa shape index (κ3) is 2.83. The van der Waals surface area contributed by atoms with Crippen LogP contribution in [0.5, 0.6) is 0 Å². The van der Waals surface area contributed by atoms with Gasteiger partial charge in [-0.05, 0) is 83.1 Å². The molecule has 1 heterocycles. The Bertz CT molecular complexity index is 718. The van der Waals surface area contributed by atoms with Crippen molar-refractivity contribution in [1.29, 1.82) is 0 Å². The zero-order chi connectivity index (χ0) is 19.7. The van der Waals surface area contributed by atoms with Crippen molar-refractivity contribution in [3.8, 4) is 0 Å². The summed E-state index contributed by atoms with van der Waals surface area (Å²) in [5.41, 5.74) is 0.539. The van der Waals surface area contributed by atoms with Gasteiger partial charge in [0, 0.05) is 5.41 Å². The second kappa shape index (κ2) is 5.94. The standard InChI is InChI=1S/C23H33BO3/c1-16-15-23-11-8-17(16)14-18(23)22(6,19(25)9-12-23)10-7-13-24-26-20(2,3)21(4,5)27-24/h7,9,12-13,17-18H,1,8,10-11,14-15H2,2-6H3/b13-7+/t17-,18-,22-,23+/m0/s1. The first-order valence-electron chi connectivity index (χ1n) is 10.4. The molecule has 0 aromatic rings. The maximum Gasteiger partial charge on any atom is 0.486 e. The van der Waals surface area contributed by atoms with Crippen LogP contribution in [-0.2, 0) is 14.1 Å². The van der Waals surface area contributed by atoms with E-state index in [1.165, 1.54) is 18.4 Å². The lowest BCUT2D eigenvalue weighted by atomic mass is 9.44. The van der Waals surface area contributed by atoms with E-state index >= 15 is 0 Å². The Hall–Kier alpha value is -1.13. The quantitative estimate of drug-likeness (QED) is 0.515. The SMILES string of the molecule is C=C1C[C@@]23C=CC(=O)[C@@](C)(C/C=C/B4OC(C)(C)C(C)(C)O4)[C@@H]2C[C@@H]1CC3. The number of fused-ring (bicyclic) bond motifs is 2. The van der Waals surface area contributed by atoms with Crippen molar-refractivity contribution in [1.82, 2.24) is 0 Å². The van der Waals surface area contributed by atoms with Crippen molar-refractivity contribution >= 4 is 12.9 Å². The average molecular weight is 368 g/mol. The molecule has 0 N–H and O–H groups in total. The van der Waals surface area contributed by atoms with Gasteiger partial charge in [0.2, 0.25) is 0 Å². The Morgan fingerprint density at radius 1 is 1.22 bits per heavy atom. The molecule has 4 heteroatoms. The first kappa shape index (κ1) is 19.2. The topological polar surface area (TPSA) is 35.5 Å². The van der Waals surface area contributed by atoms with Crippen molar-refractivity contribution in [3.63, 3.8) is 0 Å². The van der Waals surface area contributed by atoms with Gasteiger partial charge in [0.05, 0.1) is 11.2 Å². The summed E-state index contributed by atoms with van der Waals surface area (Å²) in [6.45, 7) is 14.7. The van der Waals surface area contributed by atoms with E-state index in [4.69, 9.17) is 9.31 Å². The molecule has 146 valence electrons. The molecular formula is C23H33BO3. The molecular weight excluding hydrogens is 335 g/mol. The Labute approximate surface area is 164 Å². The summed E-state index contributed by atoms with van der Waals surface area (Å²) in [4.78, 5) is 13.0. The Kier molecular flexibility index (Phi) is 4.22. The highest BCUT2D eigenvalue weighted by atomic mass is 16.7. The van der Waals surface area contributed by atoms with Crippen LogP contribution in [0.25, 0.3) is 0 Å². The van der Waals surface area contributed by atoms with E-state index in [1.54, 1.807) is 0 Å². The van der Waals surface area contributed by atoms with E-state index in [-0.39, 0.29) is 34.9 Å². The monoisotopic (exact) mass is 368 g/mol. The molecule has 4 aliphatic carbocycles. The molecule has 27 heavy (non-hydrogen) atoms. The van der Waals surface area contributed by atoms with Crippen molar-refractivity contribution in [2.45, 2.75) is 77.9 Å². The van der Waals surface area contributed by atoms with Crippen LogP contribution < -0.4 is 0 Å². The molecule has 1 aliphatic heterocycles. The lowest BCUT2D eigenvalue weighted by molar-refractivity contribution is -0.134. The van der Waals surface area contributed by atoms with Crippen LogP contribution in [0.15, 0.2) is 36.4 Å². The fourth-order valence-corrected chi connectivity index (χ4v) is 5.79. The largest absolute Gasteiger partial charge is 0.486 e. The molecule has 0 amide bonds. The molecule has 1 spiro atoms. The van der Waals surface area contributed by atoms with Crippen LogP contribution in [0.2, 0.25) is 0 Å². The van der Waals surface area contributed by atoms with Gasteiger partial charge in [-0.1, -0.05) is 37.2 Å². The maximum atomic E-state index is 13.0. The molecule has 1 saturated heterocycles. The van der Waals surface area contributed by atoms with Gasteiger partial charge in [-0.15, -0.1) is 0 Å². The number of ketones is 1. The summed E-state index contributed by atoms with van der Waals surface area (Å²) >= 11 is 0. The van der Waals surface area contributed by atoms with Gasteiger partial charge < -0.3 is 9.31 Å². The van der Waals surface area contributed by atoms with Crippen molar-refractivity contribution in [2.24, 2.45) is 22.7 Å². The van der Waals surface area contributed by atoms with Gasteiger partial charge in [-0.25, -0.2) is 0 Å². The minimum atomic E-state index is -0.343. The highest BCUT2D eigenvalue weighted by molar-refractivity contribution is 6.51. The van der Waals surface area contributed by atoms with Gasteiger partial charge in [0.25, 0.3) is 0 Å². The molecule has 5 aliphatic rings. The van der Waals surface area contributed by atoms with Gasteiger partial charge in [-0.2, -0.15) is 0 Å². The molecule has 0 radical (unpaired) electrons. The van der Waals surface area contributed by atoms with Crippen molar-refractivity contribution in [3.05, 3.63) is 36.4 Å². The molecule has 0 unspecified atom stereocenters. The second-order valence-corrected chi connectivity index (χ2v) is 10.5. The summed E-state index contributed by atoms with van der Waals surface area (Å²) in [5, 5.41) is 0. The van der Waals surface area contributed by atoms with E-state index in [0.29, 0.717) is 11.8 Å². The minimum absolute atomic E-state index is 0.146. The normalized spacial score (nSPS) is 42.2. The summed E-state index contributed by atoms with van der Waals surface area (Å²) in [6, 6.07) is 0. The zero-order valence-electron chi connectivity index (χ0n) is 17.5. The highest BCUT2D eigenvalue weighted by Crippen LogP contribution is 2.64. The van der Waals surface area contributed by atoms with E-state index < -0.39 is 0 Å². The average Bonchev–Trinajstić information content (AvgIpc) is 2.78. The number of hydrogen-bond donors (Lipinski definition) is 0. The summed E-state index contributed by atoms with van der Waals surface area (Å²) in [6.07, 6.45) is 11.5. The maximum absolute atomic E-state index is 13.0. The number of rotatable bonds is 3. The van der Waals surface area contributed by atoms with Crippen LogP contribution in [0.1, 0.15) is 66.7 Å². The number of hydrogen-bond acceptors (Lipinski definition) is 3. The Morgan fingerprint density at radius 2 is 1.89 bits per heavy atom. The second-order valence-electron chi connectivity index (χ2n) is 10.5. The van der Waals surface area contributed by atoms with Gasteiger partial charge in [-0.3, -0.25) is 4.79 Å². The lowest BCUT2D eigenvalue weighted by Gasteiger charge is -2.59. The van der Waals surface area contributed by atoms with Crippen molar-refractivity contribution < 1.29 is 14.1 Å². The van der Waals surface area contributed by atoms with Crippen LogP contribution in [-0.4, -0.2) is 24.1 Å². The van der Waals surface area contributed by atoms with Crippen LogP contribution in [0.3, 0.4) is 0 Å². The molecule has 5 rings (SSSR count). The molecule has 2 bridgehead atoms. The van der Waals surface area contributed by atoms with E-state index in [2.05, 4.69) is 53.3 Å². The zero-order valence-corrected chi connectivity index (χ0v) is 17.5. The molecule has 3 saturated carbocycles. The first-order chi connectivity index (χ1) is 12.5. The molecule has 0 aromatic heterocycles. The predicted molar refractivity (Wildman–Crippen MR) is 109 cm³/mol. The third-order valence-electron chi connectivity index (χ3n) is 8.31. The van der Waals surface area contributed by atoms with Crippen LogP contribution in [0.4, 0.5) is 0 Å². The molecule has 3 nitrogen and oxygen atoms in total. The number of carbonyl (C=O) groups excluding carboxylic acids is 1. The van der Waals surface area contributed by atoms with Gasteiger partial charge in [0.15, 0.2) is 5.78 Å². The summed E-state index contributed by atoms with van der Waals surface area (Å²) in [5.74, 6) is 3.28. The smallest absolute Gasteiger partial charge is 0.400 e. The molecule has 4 fully saturated rings. The van der Waals surface area contributed by atoms with Crippen molar-refractivity contribution in [2.75, 3.05) is 0 Å². The Balaban J connectivity index is 1.53. The fourth-order valence-electron chi connectivity index (χ4n) is 5.79. The minimum Gasteiger partial charge on any atom is -0.400 e. The molecule has 4 atom stereocenters. The molecule has 0 aromatic carbocycles. The van der Waals surface area contributed by atoms with E-state index in [1.807, 2.05) is 12.1 Å². The predicted octanol–water partition coefficient (Wildman–Crippen LogP) is 5.07. The van der Waals surface area contributed by atoms with E-state index in [9.17, 15) is 4.79 Å². The number of carbonyl (C=O) groups is 1. The van der Waals surface area contributed by atoms with Crippen LogP contribution in [0, 0.1) is 22.7 Å². The summed E-state index contributed by atoms with van der Waals surface area (Å²) < 4.78 is 12.1. The first-order valence-corrected chi connectivity index (χ1v) is 10.4. The lowest BCUT2D eigenvalue weighted by Crippen LogP contribution is -2.53. The summed E-state index contributed by atoms with van der Waals surface area (Å²) in [7, 11) is -0.343. The van der Waals surface area contributed by atoms with E-state index in [0.717, 1.165) is 19.3 Å². The van der Waals surface area contributed by atoms with Gasteiger partial charge >= 0.3 is 7.12 Å².